The number of nitrogens with two attached hydrogens (primary N) is 2. The van der Waals surface area contributed by atoms with Gasteiger partial charge in [0.05, 0.1) is 33.0 Å². The first-order valence-corrected chi connectivity index (χ1v) is 19.2. The molecule has 0 saturated heterocycles. The Morgan fingerprint density at radius 2 is 0.945 bits per heavy atom. The Kier molecular flexibility index (Phi) is 15.6. The monoisotopic (exact) mass is 755 g/mol. The number of para-hydroxylation sites is 4. The van der Waals surface area contributed by atoms with Crippen LogP contribution in [0.4, 0.5) is 4.79 Å². The summed E-state index contributed by atoms with van der Waals surface area (Å²) in [6, 6.07) is 24.4. The van der Waals surface area contributed by atoms with E-state index in [2.05, 4.69) is 35.6 Å². The fourth-order valence-electron chi connectivity index (χ4n) is 6.58. The van der Waals surface area contributed by atoms with Crippen molar-refractivity contribution >= 4 is 6.09 Å². The third kappa shape index (κ3) is 12.3. The number of ether oxygens (including phenoxy) is 6. The third-order valence-electron chi connectivity index (χ3n) is 8.97. The Labute approximate surface area is 325 Å². The molecule has 0 radical (unpaired) electrons. The van der Waals surface area contributed by atoms with Crippen LogP contribution in [0.1, 0.15) is 71.7 Å². The molecule has 0 spiro atoms. The second-order valence-corrected chi connectivity index (χ2v) is 14.5. The fraction of sp³-hybridized carbons (Fsp3) is 0.432. The maximum Gasteiger partial charge on any atom is 0.407 e. The molecular formula is C44H57N3O8. The highest BCUT2D eigenvalue weighted by Crippen LogP contribution is 2.38. The van der Waals surface area contributed by atoms with Crippen LogP contribution in [0.25, 0.3) is 0 Å². The van der Waals surface area contributed by atoms with E-state index in [0.717, 1.165) is 61.8 Å². The van der Waals surface area contributed by atoms with Crippen molar-refractivity contribution in [1.29, 1.82) is 0 Å². The van der Waals surface area contributed by atoms with Crippen LogP contribution >= 0.6 is 0 Å². The van der Waals surface area contributed by atoms with E-state index in [1.54, 1.807) is 0 Å². The van der Waals surface area contributed by atoms with E-state index < -0.39 is 11.7 Å². The first-order valence-electron chi connectivity index (χ1n) is 19.2. The molecule has 0 saturated carbocycles. The number of hydrogen-bond acceptors (Lipinski definition) is 10. The van der Waals surface area contributed by atoms with E-state index >= 15 is 0 Å². The number of phenols is 1. The number of amides is 1. The van der Waals surface area contributed by atoms with E-state index in [9.17, 15) is 9.90 Å². The molecule has 4 aromatic carbocycles. The molecule has 0 atom stereocenters. The van der Waals surface area contributed by atoms with Gasteiger partial charge >= 0.3 is 6.09 Å². The Morgan fingerprint density at radius 3 is 1.33 bits per heavy atom. The van der Waals surface area contributed by atoms with Crippen molar-refractivity contribution in [3.63, 3.8) is 0 Å². The molecule has 296 valence electrons. The van der Waals surface area contributed by atoms with Crippen LogP contribution in [-0.2, 0) is 39.9 Å². The maximum atomic E-state index is 12.3. The second-order valence-electron chi connectivity index (χ2n) is 14.5. The SMILES string of the molecule is CC(C)(C)OC(=O)NCCCOc1c2cccc1Cc1cccc(c1OCCOCCN)Cc1cccc(c1O)Cc1cccc(c1OCCOCCN)C2. The van der Waals surface area contributed by atoms with Gasteiger partial charge in [-0.3, -0.25) is 0 Å². The largest absolute Gasteiger partial charge is 0.507 e. The van der Waals surface area contributed by atoms with Gasteiger partial charge < -0.3 is 50.3 Å². The smallest absolute Gasteiger partial charge is 0.407 e. The molecule has 8 bridgehead atoms. The quantitative estimate of drug-likeness (QED) is 0.0822. The van der Waals surface area contributed by atoms with Gasteiger partial charge in [-0.15, -0.1) is 0 Å². The lowest BCUT2D eigenvalue weighted by Crippen LogP contribution is -2.33. The summed E-state index contributed by atoms with van der Waals surface area (Å²) in [4.78, 5) is 12.3. The molecule has 1 aliphatic carbocycles. The lowest BCUT2D eigenvalue weighted by atomic mass is 9.91. The normalized spacial score (nSPS) is 12.5. The van der Waals surface area contributed by atoms with Gasteiger partial charge in [0, 0.05) is 45.3 Å². The molecule has 11 heteroatoms. The van der Waals surface area contributed by atoms with Crippen LogP contribution in [0.5, 0.6) is 23.0 Å². The molecule has 55 heavy (non-hydrogen) atoms. The van der Waals surface area contributed by atoms with Crippen LogP contribution < -0.4 is 31.0 Å². The second kappa shape index (κ2) is 20.8. The summed E-state index contributed by atoms with van der Waals surface area (Å²) >= 11 is 0. The lowest BCUT2D eigenvalue weighted by Gasteiger charge is -2.22. The van der Waals surface area contributed by atoms with Gasteiger partial charge in [0.25, 0.3) is 0 Å². The summed E-state index contributed by atoms with van der Waals surface area (Å²) in [5.74, 6) is 2.54. The molecule has 11 nitrogen and oxygen atoms in total. The van der Waals surface area contributed by atoms with Crippen LogP contribution in [0.2, 0.25) is 0 Å². The molecule has 6 N–H and O–H groups in total. The van der Waals surface area contributed by atoms with Gasteiger partial charge in [0.15, 0.2) is 0 Å². The molecule has 0 aromatic heterocycles. The van der Waals surface area contributed by atoms with Gasteiger partial charge in [-0.1, -0.05) is 72.8 Å². The molecule has 0 heterocycles. The summed E-state index contributed by atoms with van der Waals surface area (Å²) in [6.45, 7) is 9.56. The number of alkyl carbamates (subject to hydrolysis) is 1. The Hall–Kier alpha value is -4.81. The van der Waals surface area contributed by atoms with E-state index in [1.165, 1.54) is 0 Å². The Morgan fingerprint density at radius 1 is 0.582 bits per heavy atom. The van der Waals surface area contributed by atoms with Crippen LogP contribution in [0.3, 0.4) is 0 Å². The van der Waals surface area contributed by atoms with Crippen LogP contribution in [0, 0.1) is 0 Å². The predicted molar refractivity (Wildman–Crippen MR) is 214 cm³/mol. The van der Waals surface area contributed by atoms with Gasteiger partial charge in [0.1, 0.15) is 41.8 Å². The van der Waals surface area contributed by atoms with E-state index in [0.29, 0.717) is 98.0 Å². The summed E-state index contributed by atoms with van der Waals surface area (Å²) in [6.07, 6.45) is 2.10. The van der Waals surface area contributed by atoms with Crippen LogP contribution in [-0.4, -0.2) is 82.7 Å². The lowest BCUT2D eigenvalue weighted by molar-refractivity contribution is 0.0525. The zero-order valence-electron chi connectivity index (χ0n) is 32.5. The summed E-state index contributed by atoms with van der Waals surface area (Å²) in [5.41, 5.74) is 18.1. The standard InChI is InChI=1S/C44H57N3O8/c1-44(2,3)55-43(49)47-19-8-20-52-40-35-13-7-14-36(40)30-38-16-6-12-34(42(38)54-26-24-51-22-18-46)28-32-10-4-9-31(39(32)48)27-33-11-5-15-37(29-35)41(33)53-25-23-50-21-17-45/h4-7,9-16,48H,8,17-30,45-46H2,1-3H3,(H,47,49). The number of carbonyl (C=O) groups excluding carboxylic acids is 1. The minimum atomic E-state index is -0.578. The number of phenolic OH excluding ortho intramolecular Hbond substituents is 1. The van der Waals surface area contributed by atoms with Gasteiger partial charge in [0.2, 0.25) is 0 Å². The Balaban J connectivity index is 1.54. The highest BCUT2D eigenvalue weighted by Gasteiger charge is 2.21. The minimum absolute atomic E-state index is 0.252. The maximum absolute atomic E-state index is 12.3. The molecule has 5 rings (SSSR count). The first kappa shape index (κ1) is 41.4. The summed E-state index contributed by atoms with van der Waals surface area (Å²) in [7, 11) is 0. The summed E-state index contributed by atoms with van der Waals surface area (Å²) in [5, 5.41) is 14.5. The molecular weight excluding hydrogens is 698 g/mol. The number of nitrogens with one attached hydrogen (secondary N) is 1. The Bertz CT molecular complexity index is 1730. The molecule has 1 aliphatic rings. The van der Waals surface area contributed by atoms with Crippen LogP contribution in [0.15, 0.2) is 72.8 Å². The zero-order chi connectivity index (χ0) is 39.0. The van der Waals surface area contributed by atoms with E-state index in [4.69, 9.17) is 39.9 Å². The first-order chi connectivity index (χ1) is 26.7. The number of carbonyl (C=O) groups is 1. The summed E-state index contributed by atoms with van der Waals surface area (Å²) < 4.78 is 36.3. The molecule has 0 aliphatic heterocycles. The van der Waals surface area contributed by atoms with E-state index in [-0.39, 0.29) is 5.75 Å². The third-order valence-corrected chi connectivity index (χ3v) is 8.97. The van der Waals surface area contributed by atoms with Crippen molar-refractivity contribution in [1.82, 2.24) is 5.32 Å². The number of fused-ring (bicyclic) bond motifs is 8. The molecule has 0 unspecified atom stereocenters. The minimum Gasteiger partial charge on any atom is -0.507 e. The average molecular weight is 756 g/mol. The topological polar surface area (TPSA) is 157 Å². The number of rotatable bonds is 17. The van der Waals surface area contributed by atoms with Gasteiger partial charge in [-0.2, -0.15) is 0 Å². The molecule has 1 amide bonds. The number of benzene rings is 4. The number of aromatic hydroxyl groups is 1. The molecule has 4 aromatic rings. The zero-order valence-corrected chi connectivity index (χ0v) is 32.5. The van der Waals surface area contributed by atoms with Crippen molar-refractivity contribution in [2.45, 2.75) is 58.5 Å². The van der Waals surface area contributed by atoms with Crippen molar-refractivity contribution in [2.75, 3.05) is 65.9 Å². The average Bonchev–Trinajstić information content (AvgIpc) is 3.14. The highest BCUT2D eigenvalue weighted by atomic mass is 16.6. The predicted octanol–water partition coefficient (Wildman–Crippen LogP) is 6.07. The number of hydrogen-bond donors (Lipinski definition) is 4. The van der Waals surface area contributed by atoms with Crippen molar-refractivity contribution in [3.05, 3.63) is 117 Å². The molecule has 0 fully saturated rings. The van der Waals surface area contributed by atoms with E-state index in [1.807, 2.05) is 63.2 Å². The van der Waals surface area contributed by atoms with Crippen molar-refractivity contribution in [2.24, 2.45) is 11.5 Å². The van der Waals surface area contributed by atoms with Gasteiger partial charge in [-0.25, -0.2) is 4.79 Å². The fourth-order valence-corrected chi connectivity index (χ4v) is 6.58. The highest BCUT2D eigenvalue weighted by molar-refractivity contribution is 5.67. The van der Waals surface area contributed by atoms with Gasteiger partial charge in [-0.05, 0) is 71.7 Å². The van der Waals surface area contributed by atoms with Crippen molar-refractivity contribution < 1.29 is 38.3 Å². The van der Waals surface area contributed by atoms with Crippen molar-refractivity contribution in [3.8, 4) is 23.0 Å².